The van der Waals surface area contributed by atoms with E-state index in [0.29, 0.717) is 5.54 Å². The summed E-state index contributed by atoms with van der Waals surface area (Å²) < 4.78 is 2.14. The van der Waals surface area contributed by atoms with Gasteiger partial charge in [-0.1, -0.05) is 0 Å². The van der Waals surface area contributed by atoms with E-state index in [0.717, 1.165) is 12.5 Å². The SMILES string of the molecule is CN(C)c1ncc(CNC2(C)CC2)n1C. The summed E-state index contributed by atoms with van der Waals surface area (Å²) in [6.45, 7) is 3.18. The molecule has 1 aromatic heterocycles. The van der Waals surface area contributed by atoms with Gasteiger partial charge in [0.2, 0.25) is 5.95 Å². The third-order valence-corrected chi connectivity index (χ3v) is 3.16. The van der Waals surface area contributed by atoms with Crippen LogP contribution in [-0.4, -0.2) is 29.2 Å². The highest BCUT2D eigenvalue weighted by Crippen LogP contribution is 2.34. The topological polar surface area (TPSA) is 33.1 Å². The van der Waals surface area contributed by atoms with Crippen molar-refractivity contribution in [2.24, 2.45) is 7.05 Å². The fourth-order valence-electron chi connectivity index (χ4n) is 1.68. The molecule has 0 aliphatic heterocycles. The van der Waals surface area contributed by atoms with Crippen molar-refractivity contribution in [2.75, 3.05) is 19.0 Å². The highest BCUT2D eigenvalue weighted by atomic mass is 15.3. The van der Waals surface area contributed by atoms with E-state index in [-0.39, 0.29) is 0 Å². The Morgan fingerprint density at radius 3 is 2.67 bits per heavy atom. The Morgan fingerprint density at radius 2 is 2.20 bits per heavy atom. The fourth-order valence-corrected chi connectivity index (χ4v) is 1.68. The van der Waals surface area contributed by atoms with Gasteiger partial charge in [-0.25, -0.2) is 4.98 Å². The average molecular weight is 208 g/mol. The molecule has 1 fully saturated rings. The Labute approximate surface area is 91.3 Å². The zero-order valence-corrected chi connectivity index (χ0v) is 10.0. The summed E-state index contributed by atoms with van der Waals surface area (Å²) >= 11 is 0. The summed E-state index contributed by atoms with van der Waals surface area (Å²) in [6, 6.07) is 0. The lowest BCUT2D eigenvalue weighted by molar-refractivity contribution is 0.524. The first-order valence-corrected chi connectivity index (χ1v) is 5.45. The zero-order chi connectivity index (χ0) is 11.1. The maximum absolute atomic E-state index is 4.39. The quantitative estimate of drug-likeness (QED) is 0.805. The molecule has 1 saturated carbocycles. The molecule has 0 aromatic carbocycles. The average Bonchev–Trinajstić information content (AvgIpc) is 2.77. The lowest BCUT2D eigenvalue weighted by Gasteiger charge is -2.14. The molecule has 0 radical (unpaired) electrons. The van der Waals surface area contributed by atoms with Crippen molar-refractivity contribution in [2.45, 2.75) is 31.8 Å². The predicted octanol–water partition coefficient (Wildman–Crippen LogP) is 1.13. The van der Waals surface area contributed by atoms with Crippen LogP contribution in [0.4, 0.5) is 5.95 Å². The molecule has 84 valence electrons. The number of hydrogen-bond donors (Lipinski definition) is 1. The molecule has 1 aliphatic rings. The monoisotopic (exact) mass is 208 g/mol. The van der Waals surface area contributed by atoms with Crippen molar-refractivity contribution < 1.29 is 0 Å². The fraction of sp³-hybridized carbons (Fsp3) is 0.727. The predicted molar refractivity (Wildman–Crippen MR) is 62.0 cm³/mol. The highest BCUT2D eigenvalue weighted by molar-refractivity contribution is 5.31. The van der Waals surface area contributed by atoms with E-state index >= 15 is 0 Å². The van der Waals surface area contributed by atoms with Crippen molar-refractivity contribution in [1.82, 2.24) is 14.9 Å². The molecule has 1 N–H and O–H groups in total. The smallest absolute Gasteiger partial charge is 0.204 e. The summed E-state index contributed by atoms with van der Waals surface area (Å²) in [5, 5.41) is 3.56. The number of aromatic nitrogens is 2. The van der Waals surface area contributed by atoms with Gasteiger partial charge in [0.25, 0.3) is 0 Å². The first-order valence-electron chi connectivity index (χ1n) is 5.45. The van der Waals surface area contributed by atoms with Crippen molar-refractivity contribution in [1.29, 1.82) is 0 Å². The lowest BCUT2D eigenvalue weighted by Crippen LogP contribution is -2.28. The van der Waals surface area contributed by atoms with Crippen LogP contribution in [-0.2, 0) is 13.6 Å². The number of hydrogen-bond acceptors (Lipinski definition) is 3. The molecule has 1 aliphatic carbocycles. The number of anilines is 1. The van der Waals surface area contributed by atoms with Crippen LogP contribution in [0, 0.1) is 0 Å². The second-order valence-corrected chi connectivity index (χ2v) is 4.92. The van der Waals surface area contributed by atoms with Crippen LogP contribution >= 0.6 is 0 Å². The van der Waals surface area contributed by atoms with Gasteiger partial charge >= 0.3 is 0 Å². The van der Waals surface area contributed by atoms with E-state index in [1.807, 2.05) is 25.2 Å². The summed E-state index contributed by atoms with van der Waals surface area (Å²) in [7, 11) is 6.10. The second kappa shape index (κ2) is 3.52. The standard InChI is InChI=1S/C11H20N4/c1-11(5-6-11)13-8-9-7-12-10(14(2)3)15(9)4/h7,13H,5-6,8H2,1-4H3. The van der Waals surface area contributed by atoms with Gasteiger partial charge in [0.15, 0.2) is 0 Å². The number of imidazole rings is 1. The van der Waals surface area contributed by atoms with E-state index in [4.69, 9.17) is 0 Å². The largest absolute Gasteiger partial charge is 0.348 e. The Kier molecular flexibility index (Phi) is 2.46. The third-order valence-electron chi connectivity index (χ3n) is 3.16. The molecule has 0 saturated heterocycles. The summed E-state index contributed by atoms with van der Waals surface area (Å²) in [5.41, 5.74) is 1.63. The Morgan fingerprint density at radius 1 is 1.53 bits per heavy atom. The molecule has 1 heterocycles. The van der Waals surface area contributed by atoms with Crippen LogP contribution < -0.4 is 10.2 Å². The van der Waals surface area contributed by atoms with Crippen LogP contribution in [0.25, 0.3) is 0 Å². The summed E-state index contributed by atoms with van der Waals surface area (Å²) in [6.07, 6.45) is 4.55. The number of nitrogens with zero attached hydrogens (tertiary/aromatic N) is 3. The van der Waals surface area contributed by atoms with Crippen LogP contribution in [0.1, 0.15) is 25.5 Å². The molecule has 2 rings (SSSR count). The van der Waals surface area contributed by atoms with Crippen LogP contribution in [0.5, 0.6) is 0 Å². The molecule has 4 heteroatoms. The molecule has 4 nitrogen and oxygen atoms in total. The molecule has 1 aromatic rings. The summed E-state index contributed by atoms with van der Waals surface area (Å²) in [5.74, 6) is 1.01. The summed E-state index contributed by atoms with van der Waals surface area (Å²) in [4.78, 5) is 6.42. The molecular formula is C11H20N4. The third kappa shape index (κ3) is 2.15. The van der Waals surface area contributed by atoms with E-state index in [2.05, 4.69) is 28.8 Å². The van der Waals surface area contributed by atoms with Gasteiger partial charge in [-0.3, -0.25) is 0 Å². The van der Waals surface area contributed by atoms with E-state index in [1.54, 1.807) is 0 Å². The Balaban J connectivity index is 2.02. The number of nitrogens with one attached hydrogen (secondary N) is 1. The van der Waals surface area contributed by atoms with E-state index < -0.39 is 0 Å². The van der Waals surface area contributed by atoms with Crippen molar-refractivity contribution >= 4 is 5.95 Å². The van der Waals surface area contributed by atoms with Gasteiger partial charge in [0.1, 0.15) is 0 Å². The molecule has 0 bridgehead atoms. The van der Waals surface area contributed by atoms with Crippen molar-refractivity contribution in [3.05, 3.63) is 11.9 Å². The Hall–Kier alpha value is -1.03. The maximum atomic E-state index is 4.39. The minimum atomic E-state index is 0.391. The highest BCUT2D eigenvalue weighted by Gasteiger charge is 2.36. The van der Waals surface area contributed by atoms with Crippen LogP contribution in [0.3, 0.4) is 0 Å². The number of rotatable bonds is 4. The van der Waals surface area contributed by atoms with Crippen molar-refractivity contribution in [3.8, 4) is 0 Å². The van der Waals surface area contributed by atoms with Gasteiger partial charge in [0, 0.05) is 33.2 Å². The molecule has 0 atom stereocenters. The van der Waals surface area contributed by atoms with Gasteiger partial charge in [-0.05, 0) is 19.8 Å². The minimum absolute atomic E-state index is 0.391. The van der Waals surface area contributed by atoms with Crippen LogP contribution in [0.15, 0.2) is 6.20 Å². The van der Waals surface area contributed by atoms with E-state index in [1.165, 1.54) is 18.5 Å². The Bertz CT molecular complexity index is 349. The maximum Gasteiger partial charge on any atom is 0.204 e. The van der Waals surface area contributed by atoms with Gasteiger partial charge in [-0.2, -0.15) is 0 Å². The van der Waals surface area contributed by atoms with Gasteiger partial charge < -0.3 is 14.8 Å². The van der Waals surface area contributed by atoms with E-state index in [9.17, 15) is 0 Å². The molecule has 15 heavy (non-hydrogen) atoms. The minimum Gasteiger partial charge on any atom is -0.348 e. The zero-order valence-electron chi connectivity index (χ0n) is 10.0. The first-order chi connectivity index (χ1) is 7.02. The van der Waals surface area contributed by atoms with Crippen LogP contribution in [0.2, 0.25) is 0 Å². The molecule has 0 amide bonds. The van der Waals surface area contributed by atoms with Crippen molar-refractivity contribution in [3.63, 3.8) is 0 Å². The molecule has 0 unspecified atom stereocenters. The van der Waals surface area contributed by atoms with Gasteiger partial charge in [0.05, 0.1) is 11.9 Å². The molecule has 0 spiro atoms. The molecular weight excluding hydrogens is 188 g/mol. The van der Waals surface area contributed by atoms with Gasteiger partial charge in [-0.15, -0.1) is 0 Å². The second-order valence-electron chi connectivity index (χ2n) is 4.92. The first kappa shape index (κ1) is 10.5. The normalized spacial score (nSPS) is 17.9. The lowest BCUT2D eigenvalue weighted by atomic mass is 10.3.